The maximum absolute atomic E-state index is 12.1. The van der Waals surface area contributed by atoms with Crippen LogP contribution in [0.15, 0.2) is 6.07 Å². The van der Waals surface area contributed by atoms with Gasteiger partial charge < -0.3 is 10.2 Å². The summed E-state index contributed by atoms with van der Waals surface area (Å²) >= 11 is 11.6. The monoisotopic (exact) mass is 302 g/mol. The Kier molecular flexibility index (Phi) is 4.28. The Bertz CT molecular complexity index is 489. The molecule has 5 nitrogen and oxygen atoms in total. The molecule has 0 aliphatic heterocycles. The van der Waals surface area contributed by atoms with E-state index in [4.69, 9.17) is 23.2 Å². The molecule has 1 fully saturated rings. The molecule has 0 atom stereocenters. The zero-order chi connectivity index (χ0) is 14.0. The number of nitrogens with zero attached hydrogens (tertiary/aromatic N) is 3. The van der Waals surface area contributed by atoms with E-state index >= 15 is 0 Å². The molecular formula is C12H16Cl2N4O. The maximum Gasteiger partial charge on any atom is 0.254 e. The molecule has 1 amide bonds. The Morgan fingerprint density at radius 1 is 1.42 bits per heavy atom. The molecule has 1 aromatic rings. The van der Waals surface area contributed by atoms with Crippen LogP contribution in [0.1, 0.15) is 29.6 Å². The average Bonchev–Trinajstić information content (AvgIpc) is 2.30. The number of carbonyl (C=O) groups excluding carboxylic acids is 1. The molecular weight excluding hydrogens is 287 g/mol. The Labute approximate surface area is 122 Å². The van der Waals surface area contributed by atoms with Crippen LogP contribution in [-0.2, 0) is 0 Å². The highest BCUT2D eigenvalue weighted by molar-refractivity contribution is 6.34. The minimum absolute atomic E-state index is 0.0619. The first-order chi connectivity index (χ1) is 8.94. The normalized spacial score (nSPS) is 17.1. The molecule has 1 aromatic heterocycles. The number of nitrogens with one attached hydrogen (secondary N) is 1. The van der Waals surface area contributed by atoms with Gasteiger partial charge in [0.05, 0.1) is 5.56 Å². The summed E-state index contributed by atoms with van der Waals surface area (Å²) in [5, 5.41) is 10.3. The van der Waals surface area contributed by atoms with E-state index < -0.39 is 0 Å². The van der Waals surface area contributed by atoms with Crippen molar-refractivity contribution in [2.24, 2.45) is 0 Å². The molecule has 0 aromatic carbocycles. The lowest BCUT2D eigenvalue weighted by atomic mass is 9.75. The highest BCUT2D eigenvalue weighted by Crippen LogP contribution is 2.35. The highest BCUT2D eigenvalue weighted by atomic mass is 35.5. The third kappa shape index (κ3) is 2.99. The molecule has 104 valence electrons. The average molecular weight is 303 g/mol. The number of hydrogen-bond acceptors (Lipinski definition) is 4. The molecule has 0 saturated heterocycles. The Balaban J connectivity index is 2.03. The summed E-state index contributed by atoms with van der Waals surface area (Å²) in [7, 11) is 4.06. The summed E-state index contributed by atoms with van der Waals surface area (Å²) < 4.78 is 0. The van der Waals surface area contributed by atoms with Crippen molar-refractivity contribution in [2.75, 3.05) is 20.6 Å². The maximum atomic E-state index is 12.1. The number of likely N-dealkylation sites (N-methyl/N-ethyl adjacent to an activating group) is 1. The molecule has 1 aliphatic carbocycles. The zero-order valence-electron chi connectivity index (χ0n) is 10.9. The molecule has 0 spiro atoms. The predicted molar refractivity (Wildman–Crippen MR) is 74.7 cm³/mol. The second-order valence-corrected chi connectivity index (χ2v) is 5.77. The summed E-state index contributed by atoms with van der Waals surface area (Å²) in [4.78, 5) is 14.2. The fraction of sp³-hybridized carbons (Fsp3) is 0.583. The van der Waals surface area contributed by atoms with Crippen molar-refractivity contribution in [1.29, 1.82) is 0 Å². The number of hydrogen-bond donors (Lipinski definition) is 1. The molecule has 1 aliphatic rings. The standard InChI is InChI=1S/C12H16Cl2N4O/c1-18(2)12(4-3-5-12)7-15-11(19)8-6-9(13)16-17-10(8)14/h6H,3-5,7H2,1-2H3,(H,15,19). The summed E-state index contributed by atoms with van der Waals surface area (Å²) in [6, 6.07) is 1.43. The van der Waals surface area contributed by atoms with Crippen LogP contribution < -0.4 is 5.32 Å². The van der Waals surface area contributed by atoms with Crippen molar-refractivity contribution in [3.8, 4) is 0 Å². The minimum atomic E-state index is -0.269. The zero-order valence-corrected chi connectivity index (χ0v) is 12.4. The first kappa shape index (κ1) is 14.5. The first-order valence-electron chi connectivity index (χ1n) is 6.09. The van der Waals surface area contributed by atoms with Gasteiger partial charge in [0, 0.05) is 12.1 Å². The van der Waals surface area contributed by atoms with Crippen LogP contribution in [0.3, 0.4) is 0 Å². The van der Waals surface area contributed by atoms with Gasteiger partial charge >= 0.3 is 0 Å². The lowest BCUT2D eigenvalue weighted by molar-refractivity contribution is 0.0557. The van der Waals surface area contributed by atoms with E-state index in [1.54, 1.807) is 0 Å². The van der Waals surface area contributed by atoms with Gasteiger partial charge in [0.2, 0.25) is 0 Å². The molecule has 19 heavy (non-hydrogen) atoms. The second-order valence-electron chi connectivity index (χ2n) is 5.03. The van der Waals surface area contributed by atoms with Gasteiger partial charge in [-0.25, -0.2) is 0 Å². The van der Waals surface area contributed by atoms with Gasteiger partial charge in [0.25, 0.3) is 5.91 Å². The van der Waals surface area contributed by atoms with Crippen molar-refractivity contribution in [3.05, 3.63) is 21.9 Å². The van der Waals surface area contributed by atoms with Crippen LogP contribution in [0.2, 0.25) is 10.3 Å². The van der Waals surface area contributed by atoms with Crippen LogP contribution in [0.4, 0.5) is 0 Å². The Morgan fingerprint density at radius 2 is 2.11 bits per heavy atom. The van der Waals surface area contributed by atoms with Crippen LogP contribution in [0, 0.1) is 0 Å². The smallest absolute Gasteiger partial charge is 0.254 e. The minimum Gasteiger partial charge on any atom is -0.350 e. The van der Waals surface area contributed by atoms with Gasteiger partial charge in [-0.05, 0) is 39.4 Å². The molecule has 7 heteroatoms. The fourth-order valence-electron chi connectivity index (χ4n) is 2.22. The molecule has 0 unspecified atom stereocenters. The van der Waals surface area contributed by atoms with Crippen LogP contribution >= 0.6 is 23.2 Å². The second kappa shape index (κ2) is 5.61. The number of rotatable bonds is 4. The quantitative estimate of drug-likeness (QED) is 0.924. The topological polar surface area (TPSA) is 58.1 Å². The summed E-state index contributed by atoms with van der Waals surface area (Å²) in [5.74, 6) is -0.269. The highest BCUT2D eigenvalue weighted by Gasteiger charge is 2.39. The van der Waals surface area contributed by atoms with E-state index in [1.165, 1.54) is 12.5 Å². The van der Waals surface area contributed by atoms with E-state index in [2.05, 4.69) is 20.4 Å². The number of halogens is 2. The third-order valence-corrected chi connectivity index (χ3v) is 4.24. The molecule has 1 N–H and O–H groups in total. The van der Waals surface area contributed by atoms with Gasteiger partial charge in [-0.15, -0.1) is 10.2 Å². The fourth-order valence-corrected chi connectivity index (χ4v) is 2.54. The molecule has 1 saturated carbocycles. The van der Waals surface area contributed by atoms with Crippen LogP contribution in [0.5, 0.6) is 0 Å². The van der Waals surface area contributed by atoms with Gasteiger partial charge in [-0.1, -0.05) is 23.2 Å². The van der Waals surface area contributed by atoms with E-state index in [0.29, 0.717) is 6.54 Å². The van der Waals surface area contributed by atoms with E-state index in [0.717, 1.165) is 12.8 Å². The lowest BCUT2D eigenvalue weighted by Gasteiger charge is -2.47. The first-order valence-corrected chi connectivity index (χ1v) is 6.84. The van der Waals surface area contributed by atoms with Gasteiger partial charge in [0.15, 0.2) is 10.3 Å². The van der Waals surface area contributed by atoms with E-state index in [-0.39, 0.29) is 27.3 Å². The van der Waals surface area contributed by atoms with Crippen molar-refractivity contribution >= 4 is 29.1 Å². The SMILES string of the molecule is CN(C)C1(CNC(=O)c2cc(Cl)nnc2Cl)CCC1. The van der Waals surface area contributed by atoms with Gasteiger partial charge in [-0.2, -0.15) is 0 Å². The molecule has 1 heterocycles. The van der Waals surface area contributed by atoms with Crippen molar-refractivity contribution in [2.45, 2.75) is 24.8 Å². The summed E-state index contributed by atoms with van der Waals surface area (Å²) in [6.07, 6.45) is 3.37. The van der Waals surface area contributed by atoms with E-state index in [1.807, 2.05) is 14.1 Å². The third-order valence-electron chi connectivity index (χ3n) is 3.77. The Morgan fingerprint density at radius 3 is 2.63 bits per heavy atom. The number of aromatic nitrogens is 2. The number of amides is 1. The van der Waals surface area contributed by atoms with Crippen molar-refractivity contribution in [1.82, 2.24) is 20.4 Å². The van der Waals surface area contributed by atoms with Crippen molar-refractivity contribution < 1.29 is 4.79 Å². The summed E-state index contributed by atoms with van der Waals surface area (Å²) in [5.41, 5.74) is 0.321. The van der Waals surface area contributed by atoms with E-state index in [9.17, 15) is 4.79 Å². The van der Waals surface area contributed by atoms with Crippen LogP contribution in [-0.4, -0.2) is 47.2 Å². The largest absolute Gasteiger partial charge is 0.350 e. The van der Waals surface area contributed by atoms with Crippen molar-refractivity contribution in [3.63, 3.8) is 0 Å². The lowest BCUT2D eigenvalue weighted by Crippen LogP contribution is -2.57. The molecule has 0 radical (unpaired) electrons. The predicted octanol–water partition coefficient (Wildman–Crippen LogP) is 2.00. The number of carbonyl (C=O) groups is 1. The van der Waals surface area contributed by atoms with Crippen LogP contribution in [0.25, 0.3) is 0 Å². The molecule has 0 bridgehead atoms. The summed E-state index contributed by atoms with van der Waals surface area (Å²) in [6.45, 7) is 0.592. The van der Waals surface area contributed by atoms with Gasteiger partial charge in [0.1, 0.15) is 0 Å². The van der Waals surface area contributed by atoms with Gasteiger partial charge in [-0.3, -0.25) is 4.79 Å². The molecule has 2 rings (SSSR count). The Hall–Kier alpha value is -0.910.